The maximum Gasteiger partial charge on any atom is 0.342 e. The van der Waals surface area contributed by atoms with E-state index in [1.54, 1.807) is 17.9 Å². The summed E-state index contributed by atoms with van der Waals surface area (Å²) in [6, 6.07) is 2.50. The number of fused-ring (bicyclic) bond motifs is 1. The summed E-state index contributed by atoms with van der Waals surface area (Å²) in [5, 5.41) is 24.8. The number of likely N-dealkylation sites (tertiary alicyclic amines) is 1. The summed E-state index contributed by atoms with van der Waals surface area (Å²) in [5.41, 5.74) is 0.705. The molecule has 2 aliphatic heterocycles. The van der Waals surface area contributed by atoms with Crippen molar-refractivity contribution in [2.45, 2.75) is 77.4 Å². The number of hydrogen-bond acceptors (Lipinski definition) is 8. The smallest absolute Gasteiger partial charge is 0.342 e. The highest BCUT2D eigenvalue weighted by Gasteiger charge is 2.23. The van der Waals surface area contributed by atoms with Crippen LogP contribution in [0.4, 0.5) is 0 Å². The van der Waals surface area contributed by atoms with Crippen molar-refractivity contribution in [3.8, 4) is 11.5 Å². The topological polar surface area (TPSA) is 118 Å². The van der Waals surface area contributed by atoms with E-state index in [2.05, 4.69) is 12.1 Å². The number of unbranched alkanes of at least 4 members (excludes halogenated alkanes) is 1. The van der Waals surface area contributed by atoms with Gasteiger partial charge in [-0.2, -0.15) is 0 Å². The lowest BCUT2D eigenvalue weighted by atomic mass is 9.99. The summed E-state index contributed by atoms with van der Waals surface area (Å²) >= 11 is 0. The number of carbonyl (C=O) groups excluding carboxylic acids is 2. The van der Waals surface area contributed by atoms with Crippen LogP contribution in [0.25, 0.3) is 0 Å². The van der Waals surface area contributed by atoms with Crippen LogP contribution in [0.5, 0.6) is 11.5 Å². The number of piperidine rings is 1. The number of carbonyl (C=O) groups is 2. The Bertz CT molecular complexity index is 1030. The van der Waals surface area contributed by atoms with Crippen molar-refractivity contribution < 1.29 is 34.1 Å². The van der Waals surface area contributed by atoms with Gasteiger partial charge < -0.3 is 29.4 Å². The molecule has 0 radical (unpaired) electrons. The summed E-state index contributed by atoms with van der Waals surface area (Å²) in [4.78, 5) is 32.7. The van der Waals surface area contributed by atoms with Gasteiger partial charge >= 0.3 is 5.97 Å². The fraction of sp³-hybridized carbons (Fsp3) is 0.552. The van der Waals surface area contributed by atoms with Crippen molar-refractivity contribution in [2.75, 3.05) is 26.3 Å². The van der Waals surface area contributed by atoms with Gasteiger partial charge in [-0.15, -0.1) is 0 Å². The second kappa shape index (κ2) is 15.2. The molecule has 9 heteroatoms. The molecule has 1 saturated heterocycles. The Balaban J connectivity index is 1.86. The summed E-state index contributed by atoms with van der Waals surface area (Å²) < 4.78 is 11.6. The number of phenolic OH excluding ortho intramolecular Hbond substituents is 2. The number of esters is 1. The molecule has 2 atom stereocenters. The van der Waals surface area contributed by atoms with Crippen molar-refractivity contribution in [3.63, 3.8) is 0 Å². The van der Waals surface area contributed by atoms with Crippen LogP contribution in [-0.4, -0.2) is 71.2 Å². The van der Waals surface area contributed by atoms with Gasteiger partial charge in [-0.05, 0) is 56.7 Å². The molecule has 9 nitrogen and oxygen atoms in total. The number of allylic oxidation sites excluding steroid dienone is 1. The lowest BCUT2D eigenvalue weighted by Gasteiger charge is -2.26. The van der Waals surface area contributed by atoms with Gasteiger partial charge in [0.25, 0.3) is 5.91 Å². The zero-order chi connectivity index (χ0) is 27.3. The zero-order valence-corrected chi connectivity index (χ0v) is 22.4. The molecule has 2 heterocycles. The minimum Gasteiger partial charge on any atom is -0.508 e. The molecule has 1 amide bonds. The number of hydrogen-bond donors (Lipinski definition) is 2. The van der Waals surface area contributed by atoms with Gasteiger partial charge in [0.05, 0.1) is 11.8 Å². The predicted molar refractivity (Wildman–Crippen MR) is 144 cm³/mol. The monoisotopic (exact) mass is 528 g/mol. The van der Waals surface area contributed by atoms with E-state index in [-0.39, 0.29) is 42.1 Å². The third-order valence-corrected chi connectivity index (χ3v) is 6.47. The van der Waals surface area contributed by atoms with Crippen LogP contribution >= 0.6 is 0 Å². The Kier molecular flexibility index (Phi) is 11.7. The number of nitrogens with zero attached hydrogens (tertiary/aromatic N) is 2. The van der Waals surface area contributed by atoms with Crippen LogP contribution in [0.2, 0.25) is 0 Å². The molecule has 3 rings (SSSR count). The molecule has 1 fully saturated rings. The van der Waals surface area contributed by atoms with Crippen LogP contribution in [0.3, 0.4) is 0 Å². The second-order valence-electron chi connectivity index (χ2n) is 9.75. The summed E-state index contributed by atoms with van der Waals surface area (Å²) in [6.07, 6.45) is 13.2. The van der Waals surface area contributed by atoms with E-state index in [4.69, 9.17) is 14.3 Å². The van der Waals surface area contributed by atoms with Crippen molar-refractivity contribution >= 4 is 17.6 Å². The molecule has 0 bridgehead atoms. The van der Waals surface area contributed by atoms with E-state index in [1.807, 2.05) is 18.2 Å². The molecule has 1 aromatic rings. The van der Waals surface area contributed by atoms with Gasteiger partial charge in [-0.25, -0.2) is 4.79 Å². The van der Waals surface area contributed by atoms with E-state index in [0.717, 1.165) is 51.3 Å². The Morgan fingerprint density at radius 2 is 1.95 bits per heavy atom. The van der Waals surface area contributed by atoms with Gasteiger partial charge in [0, 0.05) is 38.6 Å². The van der Waals surface area contributed by atoms with Gasteiger partial charge in [-0.1, -0.05) is 36.7 Å². The van der Waals surface area contributed by atoms with Gasteiger partial charge in [0.15, 0.2) is 6.61 Å². The largest absolute Gasteiger partial charge is 0.508 e. The number of phenols is 2. The third kappa shape index (κ3) is 9.20. The van der Waals surface area contributed by atoms with Gasteiger partial charge in [0.1, 0.15) is 23.2 Å². The Morgan fingerprint density at radius 3 is 2.71 bits per heavy atom. The van der Waals surface area contributed by atoms with Crippen molar-refractivity contribution in [2.24, 2.45) is 5.16 Å². The molecular formula is C29H40N2O7. The third-order valence-electron chi connectivity index (χ3n) is 6.47. The standard InChI is InChI=1S/C29H40N2O7/c1-3-4-16-36-25-12-8-10-21(2)38-29(35)28-22(18-24(32)19-26(28)33)17-23(11-9-13-25)30-37-20-27(34)31-14-6-5-7-15-31/h8-9,11-12,18-19,21,25,32-33H,3-7,10,13-17,20H2,1-2H3/b11-9+,12-8?,30-23+/t21-,25-/m1/s1. The number of oxime groups is 1. The van der Waals surface area contributed by atoms with Crippen LogP contribution in [0, 0.1) is 0 Å². The summed E-state index contributed by atoms with van der Waals surface area (Å²) in [5.74, 6) is -1.40. The van der Waals surface area contributed by atoms with Crippen LogP contribution in [0.15, 0.2) is 41.6 Å². The molecule has 2 aliphatic rings. The normalized spacial score (nSPS) is 22.8. The van der Waals surface area contributed by atoms with Gasteiger partial charge in [-0.3, -0.25) is 4.79 Å². The minimum absolute atomic E-state index is 0.0399. The lowest BCUT2D eigenvalue weighted by Crippen LogP contribution is -2.37. The first-order valence-electron chi connectivity index (χ1n) is 13.5. The highest BCUT2D eigenvalue weighted by atomic mass is 16.6. The van der Waals surface area contributed by atoms with Gasteiger partial charge in [0.2, 0.25) is 0 Å². The fourth-order valence-electron chi connectivity index (χ4n) is 4.40. The van der Waals surface area contributed by atoms with Crippen molar-refractivity contribution in [3.05, 3.63) is 47.6 Å². The maximum atomic E-state index is 13.0. The molecule has 0 spiro atoms. The SMILES string of the molecule is CCCCO[C@@H]1C=CC[C@@H](C)OC(=O)c2c(O)cc(O)cc2CC(=N/OCC(=O)N2CCCCC2)/C=C/C1. The number of aromatic hydroxyl groups is 2. The molecule has 2 N–H and O–H groups in total. The molecule has 38 heavy (non-hydrogen) atoms. The highest BCUT2D eigenvalue weighted by Crippen LogP contribution is 2.29. The molecule has 0 aliphatic carbocycles. The van der Waals surface area contributed by atoms with Crippen LogP contribution in [0.1, 0.15) is 74.7 Å². The fourth-order valence-corrected chi connectivity index (χ4v) is 4.40. The first-order chi connectivity index (χ1) is 18.4. The minimum atomic E-state index is -0.698. The molecular weight excluding hydrogens is 488 g/mol. The first kappa shape index (κ1) is 29.2. The predicted octanol–water partition coefficient (Wildman–Crippen LogP) is 4.66. The molecule has 208 valence electrons. The number of cyclic esters (lactones) is 1. The molecule has 0 unspecified atom stereocenters. The van der Waals surface area contributed by atoms with Crippen LogP contribution in [-0.2, 0) is 25.5 Å². The quantitative estimate of drug-likeness (QED) is 0.229. The van der Waals surface area contributed by atoms with E-state index in [9.17, 15) is 19.8 Å². The van der Waals surface area contributed by atoms with E-state index < -0.39 is 12.1 Å². The van der Waals surface area contributed by atoms with Crippen LogP contribution < -0.4 is 0 Å². The number of ether oxygens (including phenoxy) is 2. The number of benzene rings is 1. The highest BCUT2D eigenvalue weighted by molar-refractivity contribution is 6.00. The van der Waals surface area contributed by atoms with Crippen molar-refractivity contribution in [1.82, 2.24) is 4.90 Å². The first-order valence-corrected chi connectivity index (χ1v) is 13.5. The lowest BCUT2D eigenvalue weighted by molar-refractivity contribution is -0.137. The second-order valence-corrected chi connectivity index (χ2v) is 9.75. The van der Waals surface area contributed by atoms with E-state index in [0.29, 0.717) is 30.7 Å². The van der Waals surface area contributed by atoms with E-state index >= 15 is 0 Å². The zero-order valence-electron chi connectivity index (χ0n) is 22.4. The maximum absolute atomic E-state index is 13.0. The Labute approximate surface area is 224 Å². The molecule has 0 saturated carbocycles. The number of amides is 1. The Hall–Kier alpha value is -3.33. The summed E-state index contributed by atoms with van der Waals surface area (Å²) in [6.45, 7) is 5.77. The Morgan fingerprint density at radius 1 is 1.16 bits per heavy atom. The van der Waals surface area contributed by atoms with Crippen molar-refractivity contribution in [1.29, 1.82) is 0 Å². The summed E-state index contributed by atoms with van der Waals surface area (Å²) in [7, 11) is 0. The average Bonchev–Trinajstić information content (AvgIpc) is 2.88. The van der Waals surface area contributed by atoms with E-state index in [1.165, 1.54) is 6.07 Å². The molecule has 0 aromatic heterocycles. The average molecular weight is 529 g/mol. The molecule has 1 aromatic carbocycles. The number of rotatable bonds is 7.